The zero-order chi connectivity index (χ0) is 19.4. The van der Waals surface area contributed by atoms with Gasteiger partial charge < -0.3 is 18.9 Å². The summed E-state index contributed by atoms with van der Waals surface area (Å²) in [6.45, 7) is 7.43. The molecule has 1 aromatic rings. The van der Waals surface area contributed by atoms with E-state index in [-0.39, 0.29) is 12.7 Å². The molecule has 0 fully saturated rings. The van der Waals surface area contributed by atoms with Gasteiger partial charge in [-0.2, -0.15) is 0 Å². The Morgan fingerprint density at radius 1 is 1.08 bits per heavy atom. The van der Waals surface area contributed by atoms with E-state index < -0.39 is 18.4 Å². The van der Waals surface area contributed by atoms with Gasteiger partial charge in [0, 0.05) is 13.1 Å². The van der Waals surface area contributed by atoms with Crippen LogP contribution in [0.25, 0.3) is 0 Å². The van der Waals surface area contributed by atoms with Gasteiger partial charge in [0.2, 0.25) is 0 Å². The summed E-state index contributed by atoms with van der Waals surface area (Å²) in [6.07, 6.45) is -1.78. The minimum atomic E-state index is -0.815. The normalized spacial score (nSPS) is 13.0. The fourth-order valence-electron chi connectivity index (χ4n) is 2.19. The van der Waals surface area contributed by atoms with E-state index >= 15 is 0 Å². The zero-order valence-electron chi connectivity index (χ0n) is 16.0. The minimum absolute atomic E-state index is 0.102. The maximum atomic E-state index is 11.7. The molecule has 0 N–H and O–H groups in total. The number of rotatable bonds is 10. The molecule has 0 saturated heterocycles. The Bertz CT molecular complexity index is 536. The van der Waals surface area contributed by atoms with Crippen LogP contribution < -0.4 is 0 Å². The highest BCUT2D eigenvalue weighted by Gasteiger charge is 2.21. The van der Waals surface area contributed by atoms with E-state index in [9.17, 15) is 9.59 Å². The Balaban J connectivity index is 2.62. The molecule has 7 heteroatoms. The van der Waals surface area contributed by atoms with Crippen LogP contribution in [0.1, 0.15) is 32.8 Å². The van der Waals surface area contributed by atoms with Crippen molar-refractivity contribution in [1.29, 1.82) is 0 Å². The Morgan fingerprint density at radius 2 is 1.77 bits per heavy atom. The lowest BCUT2D eigenvalue weighted by Gasteiger charge is -2.26. The highest BCUT2D eigenvalue weighted by Crippen LogP contribution is 2.08. The number of methoxy groups -OCH3 is 1. The van der Waals surface area contributed by atoms with Crippen LogP contribution in [-0.2, 0) is 25.5 Å². The van der Waals surface area contributed by atoms with Gasteiger partial charge in [0.1, 0.15) is 12.7 Å². The lowest BCUT2D eigenvalue weighted by Crippen LogP contribution is -2.38. The van der Waals surface area contributed by atoms with Crippen molar-refractivity contribution in [1.82, 2.24) is 4.90 Å². The van der Waals surface area contributed by atoms with E-state index in [0.717, 1.165) is 12.1 Å². The van der Waals surface area contributed by atoms with Gasteiger partial charge in [-0.05, 0) is 25.5 Å². The molecule has 0 amide bonds. The van der Waals surface area contributed by atoms with Crippen molar-refractivity contribution in [2.45, 2.75) is 45.9 Å². The van der Waals surface area contributed by atoms with Crippen LogP contribution in [0.5, 0.6) is 0 Å². The van der Waals surface area contributed by atoms with Crippen LogP contribution in [-0.4, -0.2) is 56.2 Å². The number of nitrogens with zero attached hydrogens (tertiary/aromatic N) is 1. The van der Waals surface area contributed by atoms with Crippen molar-refractivity contribution in [2.24, 2.45) is 0 Å². The third-order valence-corrected chi connectivity index (χ3v) is 3.85. The number of benzene rings is 1. The van der Waals surface area contributed by atoms with Gasteiger partial charge in [0.25, 0.3) is 0 Å². The van der Waals surface area contributed by atoms with Crippen molar-refractivity contribution < 1.29 is 28.5 Å². The molecule has 1 rings (SSSR count). The molecule has 0 aliphatic carbocycles. The molecule has 1 aromatic carbocycles. The highest BCUT2D eigenvalue weighted by atomic mass is 16.8. The fraction of sp³-hybridized carbons (Fsp3) is 0.579. The lowest BCUT2D eigenvalue weighted by molar-refractivity contribution is -0.0292. The molecule has 0 bridgehead atoms. The van der Waals surface area contributed by atoms with Crippen molar-refractivity contribution in [2.75, 3.05) is 26.8 Å². The van der Waals surface area contributed by atoms with Crippen molar-refractivity contribution in [3.8, 4) is 0 Å². The second-order valence-electron chi connectivity index (χ2n) is 5.91. The molecule has 0 heterocycles. The van der Waals surface area contributed by atoms with Gasteiger partial charge in [0.05, 0.1) is 7.11 Å². The predicted molar refractivity (Wildman–Crippen MR) is 96.9 cm³/mol. The van der Waals surface area contributed by atoms with Gasteiger partial charge in [-0.3, -0.25) is 4.90 Å². The van der Waals surface area contributed by atoms with Crippen LogP contribution in [0, 0.1) is 0 Å². The van der Waals surface area contributed by atoms with E-state index in [2.05, 4.69) is 9.64 Å². The smallest absolute Gasteiger partial charge is 0.438 e. The first-order valence-electron chi connectivity index (χ1n) is 8.82. The van der Waals surface area contributed by atoms with E-state index in [4.69, 9.17) is 14.2 Å². The van der Waals surface area contributed by atoms with Gasteiger partial charge >= 0.3 is 12.3 Å². The van der Waals surface area contributed by atoms with Crippen LogP contribution in [0.4, 0.5) is 9.59 Å². The molecule has 2 unspecified atom stereocenters. The number of likely N-dealkylation sites (N-methyl/N-ethyl adjacent to an activating group) is 1. The number of carbonyl (C=O) groups excluding carboxylic acids is 2. The molecule has 0 aromatic heterocycles. The van der Waals surface area contributed by atoms with E-state index in [0.29, 0.717) is 19.5 Å². The fourth-order valence-corrected chi connectivity index (χ4v) is 2.19. The second-order valence-corrected chi connectivity index (χ2v) is 5.91. The van der Waals surface area contributed by atoms with E-state index in [1.54, 1.807) is 6.92 Å². The van der Waals surface area contributed by atoms with Crippen LogP contribution in [0.3, 0.4) is 0 Å². The molecule has 0 aliphatic heterocycles. The maximum absolute atomic E-state index is 11.7. The first-order valence-corrected chi connectivity index (χ1v) is 8.82. The third-order valence-electron chi connectivity index (χ3n) is 3.85. The Kier molecular flexibility index (Phi) is 10.2. The SMILES string of the molecule is CCC(C)OC(=O)OCC(CN(CC)Cc1ccccc1)OC(=O)OC. The summed E-state index contributed by atoms with van der Waals surface area (Å²) in [6, 6.07) is 9.95. The Morgan fingerprint density at radius 3 is 2.35 bits per heavy atom. The standard InChI is InChI=1S/C19H29NO6/c1-5-15(3)25-19(22)24-14-17(26-18(21)23-4)13-20(6-2)12-16-10-8-7-9-11-16/h7-11,15,17H,5-6,12-14H2,1-4H3. The quantitative estimate of drug-likeness (QED) is 0.585. The van der Waals surface area contributed by atoms with Crippen LogP contribution in [0.2, 0.25) is 0 Å². The van der Waals surface area contributed by atoms with Gasteiger partial charge in [-0.25, -0.2) is 9.59 Å². The maximum Gasteiger partial charge on any atom is 0.508 e. The molecule has 0 spiro atoms. The van der Waals surface area contributed by atoms with Crippen LogP contribution >= 0.6 is 0 Å². The molecule has 2 atom stereocenters. The molecule has 0 aliphatic rings. The molecule has 0 saturated carbocycles. The lowest BCUT2D eigenvalue weighted by atomic mass is 10.2. The number of hydrogen-bond acceptors (Lipinski definition) is 7. The van der Waals surface area contributed by atoms with Gasteiger partial charge in [-0.15, -0.1) is 0 Å². The topological polar surface area (TPSA) is 74.3 Å². The number of carbonyl (C=O) groups is 2. The van der Waals surface area contributed by atoms with Crippen LogP contribution in [0.15, 0.2) is 30.3 Å². The molecule has 0 radical (unpaired) electrons. The van der Waals surface area contributed by atoms with Crippen molar-refractivity contribution >= 4 is 12.3 Å². The Hall–Kier alpha value is -2.28. The monoisotopic (exact) mass is 367 g/mol. The summed E-state index contributed by atoms with van der Waals surface area (Å²) in [4.78, 5) is 25.3. The molecule has 7 nitrogen and oxygen atoms in total. The Labute approximate surface area is 155 Å². The summed E-state index contributed by atoms with van der Waals surface area (Å²) in [5, 5.41) is 0. The highest BCUT2D eigenvalue weighted by molar-refractivity contribution is 5.61. The molecular weight excluding hydrogens is 338 g/mol. The summed E-state index contributed by atoms with van der Waals surface area (Å²) in [5.74, 6) is 0. The zero-order valence-corrected chi connectivity index (χ0v) is 16.0. The van der Waals surface area contributed by atoms with Gasteiger partial charge in [-0.1, -0.05) is 44.2 Å². The predicted octanol–water partition coefficient (Wildman–Crippen LogP) is 3.61. The summed E-state index contributed by atoms with van der Waals surface area (Å²) in [7, 11) is 1.24. The first-order chi connectivity index (χ1) is 12.5. The summed E-state index contributed by atoms with van der Waals surface area (Å²) < 4.78 is 19.9. The largest absolute Gasteiger partial charge is 0.508 e. The first kappa shape index (κ1) is 21.8. The molecule has 146 valence electrons. The summed E-state index contributed by atoms with van der Waals surface area (Å²) >= 11 is 0. The van der Waals surface area contributed by atoms with Crippen molar-refractivity contribution in [3.05, 3.63) is 35.9 Å². The van der Waals surface area contributed by atoms with E-state index in [1.165, 1.54) is 7.11 Å². The van der Waals surface area contributed by atoms with E-state index in [1.807, 2.05) is 44.2 Å². The van der Waals surface area contributed by atoms with Crippen molar-refractivity contribution in [3.63, 3.8) is 0 Å². The second kappa shape index (κ2) is 12.1. The third kappa shape index (κ3) is 8.71. The average Bonchev–Trinajstić information content (AvgIpc) is 2.65. The average molecular weight is 367 g/mol. The number of ether oxygens (including phenoxy) is 4. The summed E-state index contributed by atoms with van der Waals surface area (Å²) in [5.41, 5.74) is 1.14. The van der Waals surface area contributed by atoms with Gasteiger partial charge in [0.15, 0.2) is 6.10 Å². The number of hydrogen-bond donors (Lipinski definition) is 0. The minimum Gasteiger partial charge on any atom is -0.438 e. The molecular formula is C19H29NO6. The molecule has 26 heavy (non-hydrogen) atoms.